The van der Waals surface area contributed by atoms with E-state index in [1.807, 2.05) is 24.3 Å². The minimum absolute atomic E-state index is 0.0916. The SMILES string of the molecule is C[C@@H](CN)NS(=O)(=O)Cc1cccc2cccnc12. The van der Waals surface area contributed by atoms with Gasteiger partial charge in [0.25, 0.3) is 0 Å². The molecule has 1 atom stereocenters. The zero-order chi connectivity index (χ0) is 13.9. The number of rotatable bonds is 5. The van der Waals surface area contributed by atoms with Crippen molar-refractivity contribution in [1.29, 1.82) is 0 Å². The average Bonchev–Trinajstić information content (AvgIpc) is 2.38. The molecule has 1 heterocycles. The standard InChI is InChI=1S/C13H17N3O2S/c1-10(8-14)16-19(17,18)9-12-5-2-4-11-6-3-7-15-13(11)12/h2-7,10,16H,8-9,14H2,1H3/t10-/m0/s1. The highest BCUT2D eigenvalue weighted by Crippen LogP contribution is 2.17. The van der Waals surface area contributed by atoms with Gasteiger partial charge in [-0.15, -0.1) is 0 Å². The molecular weight excluding hydrogens is 262 g/mol. The molecule has 0 radical (unpaired) electrons. The van der Waals surface area contributed by atoms with Gasteiger partial charge in [-0.2, -0.15) is 0 Å². The molecule has 0 saturated heterocycles. The summed E-state index contributed by atoms with van der Waals surface area (Å²) in [6.07, 6.45) is 1.66. The molecule has 0 aliphatic carbocycles. The smallest absolute Gasteiger partial charge is 0.216 e. The van der Waals surface area contributed by atoms with Crippen LogP contribution in [0.3, 0.4) is 0 Å². The van der Waals surface area contributed by atoms with E-state index in [1.54, 1.807) is 19.2 Å². The summed E-state index contributed by atoms with van der Waals surface area (Å²) in [6.45, 7) is 2.01. The van der Waals surface area contributed by atoms with Gasteiger partial charge in [0.2, 0.25) is 10.0 Å². The van der Waals surface area contributed by atoms with Gasteiger partial charge < -0.3 is 5.73 Å². The molecule has 1 aromatic carbocycles. The van der Waals surface area contributed by atoms with E-state index in [0.717, 1.165) is 10.9 Å². The minimum Gasteiger partial charge on any atom is -0.329 e. The summed E-state index contributed by atoms with van der Waals surface area (Å²) in [7, 11) is -3.41. The molecule has 0 aliphatic heterocycles. The molecule has 0 bridgehead atoms. The number of nitrogens with one attached hydrogen (secondary N) is 1. The number of para-hydroxylation sites is 1. The summed E-state index contributed by atoms with van der Waals surface area (Å²) in [5.74, 6) is -0.0916. The molecule has 0 saturated carbocycles. The molecule has 0 spiro atoms. The highest BCUT2D eigenvalue weighted by atomic mass is 32.2. The number of sulfonamides is 1. The number of benzene rings is 1. The number of nitrogens with two attached hydrogens (primary N) is 1. The van der Waals surface area contributed by atoms with Crippen LogP contribution in [0.15, 0.2) is 36.5 Å². The molecule has 2 aromatic rings. The molecule has 1 aromatic heterocycles. The van der Waals surface area contributed by atoms with E-state index in [-0.39, 0.29) is 18.3 Å². The van der Waals surface area contributed by atoms with Gasteiger partial charge in [0.1, 0.15) is 0 Å². The van der Waals surface area contributed by atoms with Crippen LogP contribution in [0.5, 0.6) is 0 Å². The van der Waals surface area contributed by atoms with Crippen LogP contribution in [-0.4, -0.2) is 26.0 Å². The van der Waals surface area contributed by atoms with Crippen molar-refractivity contribution < 1.29 is 8.42 Å². The Bertz CT molecular complexity index is 665. The molecular formula is C13H17N3O2S. The summed E-state index contributed by atoms with van der Waals surface area (Å²) < 4.78 is 26.6. The molecule has 5 nitrogen and oxygen atoms in total. The maximum atomic E-state index is 12.0. The van der Waals surface area contributed by atoms with Crippen molar-refractivity contribution in [3.63, 3.8) is 0 Å². The molecule has 102 valence electrons. The lowest BCUT2D eigenvalue weighted by Gasteiger charge is -2.12. The third-order valence-corrected chi connectivity index (χ3v) is 4.25. The Morgan fingerprint density at radius 2 is 2.05 bits per heavy atom. The first-order valence-electron chi connectivity index (χ1n) is 6.04. The fraction of sp³-hybridized carbons (Fsp3) is 0.308. The second-order valence-corrected chi connectivity index (χ2v) is 6.26. The van der Waals surface area contributed by atoms with Crippen LogP contribution in [0.2, 0.25) is 0 Å². The molecule has 0 fully saturated rings. The topological polar surface area (TPSA) is 85.1 Å². The molecule has 0 amide bonds. The zero-order valence-corrected chi connectivity index (χ0v) is 11.5. The first kappa shape index (κ1) is 13.9. The lowest BCUT2D eigenvalue weighted by atomic mass is 10.1. The van der Waals surface area contributed by atoms with Gasteiger partial charge >= 0.3 is 0 Å². The van der Waals surface area contributed by atoms with E-state index in [4.69, 9.17) is 5.73 Å². The summed E-state index contributed by atoms with van der Waals surface area (Å²) in [5, 5.41) is 0.932. The maximum absolute atomic E-state index is 12.0. The molecule has 3 N–H and O–H groups in total. The van der Waals surface area contributed by atoms with Crippen LogP contribution in [0, 0.1) is 0 Å². The van der Waals surface area contributed by atoms with E-state index in [2.05, 4.69) is 9.71 Å². The van der Waals surface area contributed by atoms with Crippen LogP contribution in [0.4, 0.5) is 0 Å². The molecule has 0 unspecified atom stereocenters. The van der Waals surface area contributed by atoms with E-state index in [0.29, 0.717) is 5.56 Å². The van der Waals surface area contributed by atoms with Crippen molar-refractivity contribution in [1.82, 2.24) is 9.71 Å². The second-order valence-electron chi connectivity index (χ2n) is 4.51. The summed E-state index contributed by atoms with van der Waals surface area (Å²) >= 11 is 0. The van der Waals surface area contributed by atoms with E-state index in [1.165, 1.54) is 0 Å². The van der Waals surface area contributed by atoms with Crippen LogP contribution >= 0.6 is 0 Å². The zero-order valence-electron chi connectivity index (χ0n) is 10.7. The lowest BCUT2D eigenvalue weighted by molar-refractivity contribution is 0.562. The van der Waals surface area contributed by atoms with Gasteiger partial charge in [-0.25, -0.2) is 13.1 Å². The largest absolute Gasteiger partial charge is 0.329 e. The Morgan fingerprint density at radius 1 is 1.32 bits per heavy atom. The van der Waals surface area contributed by atoms with Crippen LogP contribution in [0.1, 0.15) is 12.5 Å². The average molecular weight is 279 g/mol. The number of hydrogen-bond acceptors (Lipinski definition) is 4. The van der Waals surface area contributed by atoms with Gasteiger partial charge in [0, 0.05) is 24.2 Å². The molecule has 0 aliphatic rings. The van der Waals surface area contributed by atoms with Crippen LogP contribution in [0.25, 0.3) is 10.9 Å². The Hall–Kier alpha value is -1.50. The third-order valence-electron chi connectivity index (χ3n) is 2.80. The normalized spacial score (nSPS) is 13.6. The summed E-state index contributed by atoms with van der Waals surface area (Å²) in [6, 6.07) is 8.99. The van der Waals surface area contributed by atoms with E-state index >= 15 is 0 Å². The molecule has 6 heteroatoms. The van der Waals surface area contributed by atoms with Gasteiger partial charge in [0.05, 0.1) is 11.3 Å². The highest BCUT2D eigenvalue weighted by Gasteiger charge is 2.16. The Labute approximate surface area is 112 Å². The third kappa shape index (κ3) is 3.50. The van der Waals surface area contributed by atoms with E-state index < -0.39 is 10.0 Å². The number of pyridine rings is 1. The van der Waals surface area contributed by atoms with Crippen molar-refractivity contribution >= 4 is 20.9 Å². The summed E-state index contributed by atoms with van der Waals surface area (Å²) in [5.41, 5.74) is 6.83. The first-order chi connectivity index (χ1) is 9.02. The van der Waals surface area contributed by atoms with Crippen molar-refractivity contribution in [2.45, 2.75) is 18.7 Å². The van der Waals surface area contributed by atoms with E-state index in [9.17, 15) is 8.42 Å². The lowest BCUT2D eigenvalue weighted by Crippen LogP contribution is -2.38. The predicted octanol–water partition coefficient (Wildman–Crippen LogP) is 1.00. The van der Waals surface area contributed by atoms with Crippen LogP contribution in [-0.2, 0) is 15.8 Å². The number of nitrogens with zero attached hydrogens (tertiary/aromatic N) is 1. The Kier molecular flexibility index (Phi) is 4.14. The molecule has 19 heavy (non-hydrogen) atoms. The van der Waals surface area contributed by atoms with Gasteiger partial charge in [0.15, 0.2) is 0 Å². The van der Waals surface area contributed by atoms with Crippen molar-refractivity contribution in [3.05, 3.63) is 42.1 Å². The predicted molar refractivity (Wildman–Crippen MR) is 76.0 cm³/mol. The first-order valence-corrected chi connectivity index (χ1v) is 7.70. The van der Waals surface area contributed by atoms with Crippen LogP contribution < -0.4 is 10.5 Å². The van der Waals surface area contributed by atoms with Crippen molar-refractivity contribution in [2.24, 2.45) is 5.73 Å². The summed E-state index contributed by atoms with van der Waals surface area (Å²) in [4.78, 5) is 4.25. The number of aromatic nitrogens is 1. The second kappa shape index (κ2) is 5.64. The minimum atomic E-state index is -3.41. The van der Waals surface area contributed by atoms with Crippen molar-refractivity contribution in [3.8, 4) is 0 Å². The Morgan fingerprint density at radius 3 is 2.79 bits per heavy atom. The highest BCUT2D eigenvalue weighted by molar-refractivity contribution is 7.88. The quantitative estimate of drug-likeness (QED) is 0.855. The number of hydrogen-bond donors (Lipinski definition) is 2. The monoisotopic (exact) mass is 279 g/mol. The van der Waals surface area contributed by atoms with Gasteiger partial charge in [-0.1, -0.05) is 24.3 Å². The van der Waals surface area contributed by atoms with Gasteiger partial charge in [-0.05, 0) is 18.6 Å². The maximum Gasteiger partial charge on any atom is 0.216 e. The number of fused-ring (bicyclic) bond motifs is 1. The fourth-order valence-corrected chi connectivity index (χ4v) is 3.32. The van der Waals surface area contributed by atoms with Gasteiger partial charge in [-0.3, -0.25) is 4.98 Å². The van der Waals surface area contributed by atoms with Crippen molar-refractivity contribution in [2.75, 3.05) is 6.54 Å². The Balaban J connectivity index is 2.31. The molecule has 2 rings (SSSR count). The fourth-order valence-electron chi connectivity index (χ4n) is 1.88.